The molecule has 7 heteroatoms. The predicted octanol–water partition coefficient (Wildman–Crippen LogP) is 1.58. The summed E-state index contributed by atoms with van der Waals surface area (Å²) in [4.78, 5) is 27.6. The third-order valence-corrected chi connectivity index (χ3v) is 4.79. The van der Waals surface area contributed by atoms with E-state index in [0.717, 1.165) is 25.9 Å². The Morgan fingerprint density at radius 2 is 2.12 bits per heavy atom. The zero-order valence-corrected chi connectivity index (χ0v) is 14.9. The van der Waals surface area contributed by atoms with Gasteiger partial charge in [0.2, 0.25) is 11.8 Å². The quantitative estimate of drug-likeness (QED) is 0.769. The number of rotatable bonds is 6. The molecule has 0 radical (unpaired) electrons. The maximum absolute atomic E-state index is 13.7. The van der Waals surface area contributed by atoms with Gasteiger partial charge in [0.15, 0.2) is 0 Å². The van der Waals surface area contributed by atoms with Crippen molar-refractivity contribution in [3.8, 4) is 0 Å². The maximum Gasteiger partial charge on any atom is 0.249 e. The summed E-state index contributed by atoms with van der Waals surface area (Å²) in [6, 6.07) is 6.42. The van der Waals surface area contributed by atoms with Gasteiger partial charge in [-0.25, -0.2) is 4.39 Å². The van der Waals surface area contributed by atoms with E-state index in [1.807, 2.05) is 0 Å². The first-order valence-corrected chi connectivity index (χ1v) is 9.12. The fourth-order valence-corrected chi connectivity index (χ4v) is 3.23. The molecule has 26 heavy (non-hydrogen) atoms. The Morgan fingerprint density at radius 3 is 2.85 bits per heavy atom. The second-order valence-corrected chi connectivity index (χ2v) is 6.73. The minimum absolute atomic E-state index is 0.0105. The molecule has 1 aromatic rings. The Hall–Kier alpha value is -1.99. The van der Waals surface area contributed by atoms with Gasteiger partial charge >= 0.3 is 0 Å². The van der Waals surface area contributed by atoms with E-state index in [9.17, 15) is 14.0 Å². The van der Waals surface area contributed by atoms with Gasteiger partial charge in [0.25, 0.3) is 0 Å². The van der Waals surface area contributed by atoms with Crippen LogP contribution in [0.2, 0.25) is 0 Å². The molecule has 6 nitrogen and oxygen atoms in total. The van der Waals surface area contributed by atoms with Crippen LogP contribution in [0.1, 0.15) is 24.8 Å². The Bertz CT molecular complexity index is 634. The number of hydrogen-bond acceptors (Lipinski definition) is 4. The largest absolute Gasteiger partial charge is 0.376 e. The van der Waals surface area contributed by atoms with Crippen molar-refractivity contribution in [2.75, 3.05) is 39.5 Å². The van der Waals surface area contributed by atoms with Crippen molar-refractivity contribution in [3.63, 3.8) is 0 Å². The molecule has 2 heterocycles. The molecule has 2 fully saturated rings. The minimum atomic E-state index is -0.322. The van der Waals surface area contributed by atoms with E-state index in [2.05, 4.69) is 0 Å². The maximum atomic E-state index is 13.7. The third kappa shape index (κ3) is 5.02. The van der Waals surface area contributed by atoms with Crippen LogP contribution in [-0.2, 0) is 25.6 Å². The number of hydrogen-bond donors (Lipinski definition) is 0. The van der Waals surface area contributed by atoms with E-state index in [4.69, 9.17) is 9.47 Å². The summed E-state index contributed by atoms with van der Waals surface area (Å²) in [5.74, 6) is -0.694. The molecule has 0 bridgehead atoms. The summed E-state index contributed by atoms with van der Waals surface area (Å²) < 4.78 is 24.8. The van der Waals surface area contributed by atoms with Crippen LogP contribution < -0.4 is 0 Å². The van der Waals surface area contributed by atoms with E-state index < -0.39 is 0 Å². The first-order chi connectivity index (χ1) is 12.6. The lowest BCUT2D eigenvalue weighted by molar-refractivity contribution is -0.149. The number of amides is 2. The smallest absolute Gasteiger partial charge is 0.249 e. The second-order valence-electron chi connectivity index (χ2n) is 6.73. The van der Waals surface area contributed by atoms with Gasteiger partial charge in [-0.2, -0.15) is 0 Å². The molecular weight excluding hydrogens is 339 g/mol. The molecule has 0 aliphatic carbocycles. The molecular formula is C19H25FN2O4. The van der Waals surface area contributed by atoms with Crippen LogP contribution >= 0.6 is 0 Å². The number of ether oxygens (including phenoxy) is 2. The lowest BCUT2D eigenvalue weighted by Gasteiger charge is -2.34. The van der Waals surface area contributed by atoms with Crippen LogP contribution in [0, 0.1) is 5.82 Å². The highest BCUT2D eigenvalue weighted by molar-refractivity contribution is 5.86. The van der Waals surface area contributed by atoms with Crippen molar-refractivity contribution >= 4 is 11.8 Å². The molecule has 0 unspecified atom stereocenters. The van der Waals surface area contributed by atoms with Crippen molar-refractivity contribution in [1.29, 1.82) is 0 Å². The van der Waals surface area contributed by atoms with Crippen molar-refractivity contribution in [1.82, 2.24) is 9.80 Å². The molecule has 2 amide bonds. The van der Waals surface area contributed by atoms with E-state index in [0.29, 0.717) is 25.3 Å². The summed E-state index contributed by atoms with van der Waals surface area (Å²) in [5, 5.41) is 0. The minimum Gasteiger partial charge on any atom is -0.376 e. The van der Waals surface area contributed by atoms with Crippen LogP contribution in [-0.4, -0.2) is 67.2 Å². The summed E-state index contributed by atoms with van der Waals surface area (Å²) in [6.45, 7) is 2.18. The van der Waals surface area contributed by atoms with Crippen LogP contribution in [0.15, 0.2) is 24.3 Å². The molecule has 2 aliphatic rings. The Labute approximate surface area is 152 Å². The topological polar surface area (TPSA) is 59.1 Å². The highest BCUT2D eigenvalue weighted by Crippen LogP contribution is 2.14. The molecule has 2 aliphatic heterocycles. The standard InChI is InChI=1S/C19H25FN2O4/c20-17-7-2-1-5-15(17)11-21-8-9-22(12-18(21)23)19(24)14-25-13-16-6-3-4-10-26-16/h1-2,5,7,16H,3-4,6,8-14H2/t16-/m0/s1. The lowest BCUT2D eigenvalue weighted by Crippen LogP contribution is -2.52. The van der Waals surface area contributed by atoms with E-state index >= 15 is 0 Å². The zero-order valence-electron chi connectivity index (χ0n) is 14.9. The molecule has 142 valence electrons. The summed E-state index contributed by atoms with van der Waals surface area (Å²) >= 11 is 0. The van der Waals surface area contributed by atoms with Gasteiger partial charge in [-0.05, 0) is 25.3 Å². The molecule has 0 saturated carbocycles. The van der Waals surface area contributed by atoms with Crippen molar-refractivity contribution in [2.24, 2.45) is 0 Å². The monoisotopic (exact) mass is 364 g/mol. The van der Waals surface area contributed by atoms with E-state index in [1.54, 1.807) is 23.1 Å². The first-order valence-electron chi connectivity index (χ1n) is 9.12. The number of benzene rings is 1. The molecule has 1 aromatic carbocycles. The normalized spacial score (nSPS) is 21.1. The van der Waals surface area contributed by atoms with Crippen LogP contribution in [0.25, 0.3) is 0 Å². The van der Waals surface area contributed by atoms with Gasteiger partial charge < -0.3 is 19.3 Å². The molecule has 1 atom stereocenters. The van der Waals surface area contributed by atoms with Crippen molar-refractivity contribution in [2.45, 2.75) is 31.9 Å². The van der Waals surface area contributed by atoms with Crippen molar-refractivity contribution in [3.05, 3.63) is 35.6 Å². The van der Waals surface area contributed by atoms with Crippen molar-refractivity contribution < 1.29 is 23.5 Å². The second kappa shape index (κ2) is 9.09. The summed E-state index contributed by atoms with van der Waals surface area (Å²) in [6.07, 6.45) is 3.23. The highest BCUT2D eigenvalue weighted by Gasteiger charge is 2.27. The predicted molar refractivity (Wildman–Crippen MR) is 92.8 cm³/mol. The Morgan fingerprint density at radius 1 is 1.27 bits per heavy atom. The summed E-state index contributed by atoms with van der Waals surface area (Å²) in [5.41, 5.74) is 0.483. The Kier molecular flexibility index (Phi) is 6.57. The number of nitrogens with zero attached hydrogens (tertiary/aromatic N) is 2. The molecule has 0 N–H and O–H groups in total. The number of carbonyl (C=O) groups is 2. The number of carbonyl (C=O) groups excluding carboxylic acids is 2. The van der Waals surface area contributed by atoms with E-state index in [-0.39, 0.29) is 43.4 Å². The Balaban J connectivity index is 1.42. The van der Waals surface area contributed by atoms with E-state index in [1.165, 1.54) is 11.0 Å². The number of piperazine rings is 1. The van der Waals surface area contributed by atoms with Crippen LogP contribution in [0.5, 0.6) is 0 Å². The van der Waals surface area contributed by atoms with Gasteiger partial charge in [0.1, 0.15) is 12.4 Å². The van der Waals surface area contributed by atoms with Crippen LogP contribution in [0.4, 0.5) is 4.39 Å². The molecule has 3 rings (SSSR count). The lowest BCUT2D eigenvalue weighted by atomic mass is 10.1. The van der Waals surface area contributed by atoms with Gasteiger partial charge in [-0.15, -0.1) is 0 Å². The van der Waals surface area contributed by atoms with Gasteiger partial charge in [-0.3, -0.25) is 9.59 Å². The highest BCUT2D eigenvalue weighted by atomic mass is 19.1. The van der Waals surface area contributed by atoms with Crippen LogP contribution in [0.3, 0.4) is 0 Å². The SMILES string of the molecule is O=C(COC[C@@H]1CCCCO1)N1CCN(Cc2ccccc2F)C(=O)C1. The fourth-order valence-electron chi connectivity index (χ4n) is 3.23. The zero-order chi connectivity index (χ0) is 18.4. The third-order valence-electron chi connectivity index (χ3n) is 4.79. The first kappa shape index (κ1) is 18.8. The molecule has 2 saturated heterocycles. The molecule has 0 spiro atoms. The average Bonchev–Trinajstić information content (AvgIpc) is 2.66. The number of halogens is 1. The fraction of sp³-hybridized carbons (Fsp3) is 0.579. The average molecular weight is 364 g/mol. The van der Waals surface area contributed by atoms with Gasteiger partial charge in [0.05, 0.1) is 19.3 Å². The summed E-state index contributed by atoms with van der Waals surface area (Å²) in [7, 11) is 0. The molecule has 0 aromatic heterocycles. The van der Waals surface area contributed by atoms with Gasteiger partial charge in [-0.1, -0.05) is 18.2 Å². The van der Waals surface area contributed by atoms with Gasteiger partial charge in [0, 0.05) is 31.8 Å².